The Morgan fingerprint density at radius 2 is 2.43 bits per heavy atom. The van der Waals surface area contributed by atoms with Gasteiger partial charge in [0.25, 0.3) is 0 Å². The second-order valence-electron chi connectivity index (χ2n) is 2.68. The SMILES string of the molecule is CCOC(=O)C1=C(NC)SC=C=C1C. The smallest absolute Gasteiger partial charge is 0.341 e. The van der Waals surface area contributed by atoms with Gasteiger partial charge in [0, 0.05) is 18.0 Å². The van der Waals surface area contributed by atoms with Crippen LogP contribution in [0.15, 0.2) is 27.3 Å². The van der Waals surface area contributed by atoms with Crippen molar-refractivity contribution in [3.8, 4) is 0 Å². The summed E-state index contributed by atoms with van der Waals surface area (Å²) >= 11 is 1.44. The number of hydrogen-bond donors (Lipinski definition) is 1. The molecule has 0 spiro atoms. The molecule has 4 heteroatoms. The van der Waals surface area contributed by atoms with Crippen molar-refractivity contribution in [2.75, 3.05) is 13.7 Å². The van der Waals surface area contributed by atoms with E-state index in [2.05, 4.69) is 11.0 Å². The molecule has 3 nitrogen and oxygen atoms in total. The third-order valence-corrected chi connectivity index (χ3v) is 2.64. The Balaban J connectivity index is 3.01. The fourth-order valence-electron chi connectivity index (χ4n) is 1.11. The standard InChI is InChI=1S/C10H13NO2S/c1-4-13-10(12)8-7(2)5-6-14-9(8)11-3/h6,11H,4H2,1-3H3. The first kappa shape index (κ1) is 11.0. The maximum absolute atomic E-state index is 11.6. The van der Waals surface area contributed by atoms with Gasteiger partial charge in [-0.05, 0) is 13.8 Å². The van der Waals surface area contributed by atoms with E-state index < -0.39 is 0 Å². The molecule has 1 aliphatic heterocycles. The summed E-state index contributed by atoms with van der Waals surface area (Å²) in [5, 5.41) is 5.62. The zero-order valence-corrected chi connectivity index (χ0v) is 9.33. The summed E-state index contributed by atoms with van der Waals surface area (Å²) in [6.45, 7) is 4.03. The third kappa shape index (κ3) is 2.22. The highest BCUT2D eigenvalue weighted by Crippen LogP contribution is 2.27. The molecule has 0 saturated heterocycles. The molecule has 0 aliphatic carbocycles. The molecule has 1 N–H and O–H groups in total. The van der Waals surface area contributed by atoms with Crippen molar-refractivity contribution in [3.63, 3.8) is 0 Å². The van der Waals surface area contributed by atoms with E-state index in [1.165, 1.54) is 11.8 Å². The van der Waals surface area contributed by atoms with Crippen LogP contribution in [-0.4, -0.2) is 19.6 Å². The number of carbonyl (C=O) groups excluding carboxylic acids is 1. The number of rotatable bonds is 3. The molecule has 1 rings (SSSR count). The van der Waals surface area contributed by atoms with Gasteiger partial charge in [-0.3, -0.25) is 0 Å². The van der Waals surface area contributed by atoms with Crippen molar-refractivity contribution in [2.24, 2.45) is 0 Å². The number of hydrogen-bond acceptors (Lipinski definition) is 4. The Hall–Kier alpha value is -1.12. The predicted octanol–water partition coefficient (Wildman–Crippen LogP) is 1.79. The van der Waals surface area contributed by atoms with Gasteiger partial charge in [0.05, 0.1) is 11.6 Å². The Morgan fingerprint density at radius 3 is 3.00 bits per heavy atom. The minimum atomic E-state index is -0.289. The molecule has 0 aromatic carbocycles. The largest absolute Gasteiger partial charge is 0.462 e. The first-order chi connectivity index (χ1) is 6.70. The van der Waals surface area contributed by atoms with Crippen molar-refractivity contribution in [1.29, 1.82) is 0 Å². The molecule has 0 atom stereocenters. The van der Waals surface area contributed by atoms with Crippen molar-refractivity contribution >= 4 is 17.7 Å². The van der Waals surface area contributed by atoms with Crippen LogP contribution in [-0.2, 0) is 9.53 Å². The number of nitrogens with one attached hydrogen (secondary N) is 1. The van der Waals surface area contributed by atoms with Crippen LogP contribution in [0.25, 0.3) is 0 Å². The minimum absolute atomic E-state index is 0.289. The maximum atomic E-state index is 11.6. The van der Waals surface area contributed by atoms with Crippen molar-refractivity contribution < 1.29 is 9.53 Å². The summed E-state index contributed by atoms with van der Waals surface area (Å²) < 4.78 is 4.96. The van der Waals surface area contributed by atoms with Gasteiger partial charge in [0.1, 0.15) is 5.57 Å². The normalized spacial score (nSPS) is 15.2. The Bertz CT molecular complexity index is 338. The van der Waals surface area contributed by atoms with Gasteiger partial charge in [0.2, 0.25) is 0 Å². The fraction of sp³-hybridized carbons (Fsp3) is 0.400. The summed E-state index contributed by atoms with van der Waals surface area (Å²) in [5.74, 6) is -0.289. The molecule has 0 aromatic heterocycles. The molecular weight excluding hydrogens is 198 g/mol. The van der Waals surface area contributed by atoms with E-state index >= 15 is 0 Å². The lowest BCUT2D eigenvalue weighted by Gasteiger charge is -2.13. The quantitative estimate of drug-likeness (QED) is 0.570. The average Bonchev–Trinajstić information content (AvgIpc) is 2.17. The Kier molecular flexibility index (Phi) is 3.86. The highest BCUT2D eigenvalue weighted by Gasteiger charge is 2.19. The van der Waals surface area contributed by atoms with E-state index in [9.17, 15) is 4.79 Å². The number of carbonyl (C=O) groups is 1. The van der Waals surface area contributed by atoms with Crippen molar-refractivity contribution in [2.45, 2.75) is 13.8 Å². The summed E-state index contributed by atoms with van der Waals surface area (Å²) in [5.41, 5.74) is 4.39. The van der Waals surface area contributed by atoms with E-state index in [1.807, 2.05) is 12.3 Å². The van der Waals surface area contributed by atoms with E-state index in [0.717, 1.165) is 10.6 Å². The van der Waals surface area contributed by atoms with E-state index in [1.54, 1.807) is 14.0 Å². The van der Waals surface area contributed by atoms with E-state index in [0.29, 0.717) is 12.2 Å². The Labute approximate surface area is 87.9 Å². The van der Waals surface area contributed by atoms with Crippen molar-refractivity contribution in [1.82, 2.24) is 5.32 Å². The lowest BCUT2D eigenvalue weighted by Crippen LogP contribution is -2.16. The minimum Gasteiger partial charge on any atom is -0.462 e. The van der Waals surface area contributed by atoms with Crippen LogP contribution in [0.3, 0.4) is 0 Å². The van der Waals surface area contributed by atoms with Gasteiger partial charge < -0.3 is 10.1 Å². The molecule has 0 amide bonds. The zero-order chi connectivity index (χ0) is 10.6. The van der Waals surface area contributed by atoms with Crippen LogP contribution in [0, 0.1) is 0 Å². The van der Waals surface area contributed by atoms with Crippen LogP contribution in [0.5, 0.6) is 0 Å². The molecule has 1 heterocycles. The molecule has 76 valence electrons. The first-order valence-corrected chi connectivity index (χ1v) is 5.26. The summed E-state index contributed by atoms with van der Waals surface area (Å²) in [6.07, 6.45) is 0. The van der Waals surface area contributed by atoms with Gasteiger partial charge in [-0.1, -0.05) is 11.8 Å². The molecule has 0 saturated carbocycles. The number of esters is 1. The van der Waals surface area contributed by atoms with Gasteiger partial charge in [-0.2, -0.15) is 0 Å². The summed E-state index contributed by atoms with van der Waals surface area (Å²) in [7, 11) is 1.79. The maximum Gasteiger partial charge on any atom is 0.341 e. The number of ether oxygens (including phenoxy) is 1. The first-order valence-electron chi connectivity index (χ1n) is 4.38. The van der Waals surface area contributed by atoms with E-state index in [4.69, 9.17) is 4.74 Å². The molecule has 1 aliphatic rings. The highest BCUT2D eigenvalue weighted by molar-refractivity contribution is 8.05. The van der Waals surface area contributed by atoms with Crippen LogP contribution in [0.2, 0.25) is 0 Å². The molecule has 0 radical (unpaired) electrons. The lowest BCUT2D eigenvalue weighted by atomic mass is 10.1. The van der Waals surface area contributed by atoms with Crippen LogP contribution < -0.4 is 5.32 Å². The van der Waals surface area contributed by atoms with Gasteiger partial charge in [-0.15, -0.1) is 5.73 Å². The average molecular weight is 211 g/mol. The zero-order valence-electron chi connectivity index (χ0n) is 8.51. The topological polar surface area (TPSA) is 38.3 Å². The summed E-state index contributed by atoms with van der Waals surface area (Å²) in [4.78, 5) is 11.6. The second kappa shape index (κ2) is 4.94. The van der Waals surface area contributed by atoms with E-state index in [-0.39, 0.29) is 5.97 Å². The fourth-order valence-corrected chi connectivity index (χ4v) is 1.94. The molecule has 0 bridgehead atoms. The highest BCUT2D eigenvalue weighted by atomic mass is 32.2. The molecular formula is C10H13NO2S. The predicted molar refractivity (Wildman–Crippen MR) is 57.6 cm³/mol. The number of thioether (sulfide) groups is 1. The second-order valence-corrected chi connectivity index (χ2v) is 3.56. The van der Waals surface area contributed by atoms with Crippen LogP contribution >= 0.6 is 11.8 Å². The summed E-state index contributed by atoms with van der Waals surface area (Å²) in [6, 6.07) is 0. The Morgan fingerprint density at radius 1 is 1.71 bits per heavy atom. The van der Waals surface area contributed by atoms with Crippen LogP contribution in [0.1, 0.15) is 13.8 Å². The van der Waals surface area contributed by atoms with Gasteiger partial charge in [0.15, 0.2) is 0 Å². The molecule has 0 fully saturated rings. The van der Waals surface area contributed by atoms with Crippen molar-refractivity contribution in [3.05, 3.63) is 27.3 Å². The molecule has 0 aromatic rings. The van der Waals surface area contributed by atoms with Crippen LogP contribution in [0.4, 0.5) is 0 Å². The molecule has 0 unspecified atom stereocenters. The molecule has 14 heavy (non-hydrogen) atoms. The van der Waals surface area contributed by atoms with Gasteiger partial charge >= 0.3 is 5.97 Å². The third-order valence-electron chi connectivity index (χ3n) is 1.76. The lowest BCUT2D eigenvalue weighted by molar-refractivity contribution is -0.138. The monoisotopic (exact) mass is 211 g/mol. The van der Waals surface area contributed by atoms with Gasteiger partial charge in [-0.25, -0.2) is 4.79 Å².